The Labute approximate surface area is 145 Å². The molecule has 0 spiro atoms. The number of primary amides is 1. The fraction of sp³-hybridized carbons (Fsp3) is 0.412. The molecule has 0 saturated heterocycles. The monoisotopic (exact) mass is 348 g/mol. The molecule has 0 aliphatic rings. The van der Waals surface area contributed by atoms with Crippen LogP contribution in [0.4, 0.5) is 4.39 Å². The molecular weight excluding hydrogens is 327 g/mol. The lowest BCUT2D eigenvalue weighted by molar-refractivity contribution is -0.131. The third kappa shape index (κ3) is 6.22. The van der Waals surface area contributed by atoms with Gasteiger partial charge in [0.15, 0.2) is 0 Å². The van der Waals surface area contributed by atoms with Crippen LogP contribution in [-0.2, 0) is 20.8 Å². The summed E-state index contributed by atoms with van der Waals surface area (Å²) >= 11 is 0. The summed E-state index contributed by atoms with van der Waals surface area (Å²) in [7, 11) is 0. The van der Waals surface area contributed by atoms with Crippen molar-refractivity contribution in [1.29, 1.82) is 5.26 Å². The molecule has 1 rings (SSSR count). The Morgan fingerprint density at radius 2 is 1.92 bits per heavy atom. The first-order chi connectivity index (χ1) is 11.8. The maximum Gasteiger partial charge on any atom is 0.243 e. The van der Waals surface area contributed by atoms with Crippen molar-refractivity contribution in [2.45, 2.75) is 38.8 Å². The molecule has 3 atom stereocenters. The molecule has 1 aromatic carbocycles. The van der Waals surface area contributed by atoms with E-state index in [1.165, 1.54) is 25.1 Å². The summed E-state index contributed by atoms with van der Waals surface area (Å²) in [6.07, 6.45) is -0.0673. The zero-order chi connectivity index (χ0) is 19.0. The van der Waals surface area contributed by atoms with Crippen LogP contribution in [0.5, 0.6) is 0 Å². The Hall–Kier alpha value is -2.95. The second-order valence-corrected chi connectivity index (χ2v) is 5.78. The summed E-state index contributed by atoms with van der Waals surface area (Å²) in [6, 6.07) is 5.64. The minimum absolute atomic E-state index is 0.0198. The van der Waals surface area contributed by atoms with Crippen molar-refractivity contribution in [2.75, 3.05) is 0 Å². The first-order valence-corrected chi connectivity index (χ1v) is 7.73. The summed E-state index contributed by atoms with van der Waals surface area (Å²) in [5, 5.41) is 13.6. The summed E-state index contributed by atoms with van der Waals surface area (Å²) in [6.45, 7) is 2.83. The maximum atomic E-state index is 13.8. The van der Waals surface area contributed by atoms with Crippen molar-refractivity contribution in [3.8, 4) is 6.07 Å². The van der Waals surface area contributed by atoms with E-state index >= 15 is 0 Å². The van der Waals surface area contributed by atoms with Gasteiger partial charge in [0.05, 0.1) is 6.07 Å². The molecule has 8 heteroatoms. The van der Waals surface area contributed by atoms with Crippen LogP contribution in [0.15, 0.2) is 24.3 Å². The van der Waals surface area contributed by atoms with Gasteiger partial charge in [0.2, 0.25) is 17.7 Å². The molecule has 0 aromatic heterocycles. The second kappa shape index (κ2) is 9.37. The van der Waals surface area contributed by atoms with Gasteiger partial charge in [-0.3, -0.25) is 14.4 Å². The highest BCUT2D eigenvalue weighted by Gasteiger charge is 2.29. The number of amides is 3. The zero-order valence-corrected chi connectivity index (χ0v) is 14.1. The molecule has 0 unspecified atom stereocenters. The molecule has 0 radical (unpaired) electrons. The second-order valence-electron chi connectivity index (χ2n) is 5.78. The standard InChI is InChI=1S/C17H21FN4O3/c1-10(7-8-19)15(16(20)24)22-17(25)14(21-11(2)23)9-12-5-3-4-6-13(12)18/h3-6,10,14-15H,7,9H2,1-2H3,(H2,20,24)(H,21,23)(H,22,25)/t10-,14-,15-/m0/s1. The van der Waals surface area contributed by atoms with Gasteiger partial charge in [0.25, 0.3) is 0 Å². The topological polar surface area (TPSA) is 125 Å². The number of nitrogens with one attached hydrogen (secondary N) is 2. The Morgan fingerprint density at radius 1 is 1.28 bits per heavy atom. The van der Waals surface area contributed by atoms with Crippen molar-refractivity contribution in [3.63, 3.8) is 0 Å². The normalized spacial score (nSPS) is 13.8. The van der Waals surface area contributed by atoms with Crippen LogP contribution < -0.4 is 16.4 Å². The molecule has 1 aromatic rings. The fourth-order valence-electron chi connectivity index (χ4n) is 2.35. The number of nitrogens with zero attached hydrogens (tertiary/aromatic N) is 1. The molecule has 0 bridgehead atoms. The highest BCUT2D eigenvalue weighted by atomic mass is 19.1. The van der Waals surface area contributed by atoms with Gasteiger partial charge in [0, 0.05) is 19.8 Å². The Bertz CT molecular complexity index is 687. The quantitative estimate of drug-likeness (QED) is 0.628. The number of nitriles is 1. The number of benzene rings is 1. The van der Waals surface area contributed by atoms with Gasteiger partial charge < -0.3 is 16.4 Å². The first-order valence-electron chi connectivity index (χ1n) is 7.73. The average Bonchev–Trinajstić information content (AvgIpc) is 2.53. The van der Waals surface area contributed by atoms with Crippen molar-refractivity contribution in [1.82, 2.24) is 10.6 Å². The van der Waals surface area contributed by atoms with Crippen LogP contribution in [0.3, 0.4) is 0 Å². The predicted molar refractivity (Wildman–Crippen MR) is 88.2 cm³/mol. The van der Waals surface area contributed by atoms with E-state index in [0.29, 0.717) is 0 Å². The van der Waals surface area contributed by atoms with Crippen molar-refractivity contribution < 1.29 is 18.8 Å². The summed E-state index contributed by atoms with van der Waals surface area (Å²) in [4.78, 5) is 35.4. The van der Waals surface area contributed by atoms with E-state index in [1.54, 1.807) is 13.0 Å². The van der Waals surface area contributed by atoms with E-state index in [1.807, 2.05) is 6.07 Å². The van der Waals surface area contributed by atoms with Crippen molar-refractivity contribution in [2.24, 2.45) is 11.7 Å². The molecular formula is C17H21FN4O3. The minimum Gasteiger partial charge on any atom is -0.368 e. The van der Waals surface area contributed by atoms with Gasteiger partial charge >= 0.3 is 0 Å². The number of hydrogen-bond donors (Lipinski definition) is 3. The number of nitrogens with two attached hydrogens (primary N) is 1. The molecule has 0 fully saturated rings. The Balaban J connectivity index is 2.96. The molecule has 134 valence electrons. The molecule has 0 aliphatic carbocycles. The van der Waals surface area contributed by atoms with Gasteiger partial charge in [-0.05, 0) is 17.5 Å². The van der Waals surface area contributed by atoms with E-state index in [9.17, 15) is 18.8 Å². The fourth-order valence-corrected chi connectivity index (χ4v) is 2.35. The van der Waals surface area contributed by atoms with Crippen LogP contribution >= 0.6 is 0 Å². The van der Waals surface area contributed by atoms with E-state index in [0.717, 1.165) is 0 Å². The first kappa shape index (κ1) is 20.1. The van der Waals surface area contributed by atoms with Crippen LogP contribution in [0.25, 0.3) is 0 Å². The highest BCUT2D eigenvalue weighted by molar-refractivity contribution is 5.91. The van der Waals surface area contributed by atoms with E-state index in [-0.39, 0.29) is 18.4 Å². The molecule has 0 saturated carbocycles. The summed E-state index contributed by atoms with van der Waals surface area (Å²) < 4.78 is 13.8. The smallest absolute Gasteiger partial charge is 0.243 e. The minimum atomic E-state index is -1.08. The van der Waals surface area contributed by atoms with E-state index in [4.69, 9.17) is 11.0 Å². The van der Waals surface area contributed by atoms with Crippen molar-refractivity contribution >= 4 is 17.7 Å². The number of rotatable bonds is 8. The molecule has 7 nitrogen and oxygen atoms in total. The molecule has 0 aliphatic heterocycles. The number of halogens is 1. The van der Waals surface area contributed by atoms with Crippen LogP contribution in [0.2, 0.25) is 0 Å². The van der Waals surface area contributed by atoms with Crippen molar-refractivity contribution in [3.05, 3.63) is 35.6 Å². The number of hydrogen-bond acceptors (Lipinski definition) is 4. The zero-order valence-electron chi connectivity index (χ0n) is 14.1. The highest BCUT2D eigenvalue weighted by Crippen LogP contribution is 2.11. The van der Waals surface area contributed by atoms with Gasteiger partial charge in [-0.2, -0.15) is 5.26 Å². The van der Waals surface area contributed by atoms with E-state index in [2.05, 4.69) is 10.6 Å². The van der Waals surface area contributed by atoms with E-state index < -0.39 is 41.5 Å². The summed E-state index contributed by atoms with van der Waals surface area (Å²) in [5.74, 6) is -2.94. The Morgan fingerprint density at radius 3 is 2.44 bits per heavy atom. The lowest BCUT2D eigenvalue weighted by atomic mass is 9.97. The average molecular weight is 348 g/mol. The maximum absolute atomic E-state index is 13.8. The molecule has 25 heavy (non-hydrogen) atoms. The van der Waals surface area contributed by atoms with Gasteiger partial charge in [-0.25, -0.2) is 4.39 Å². The lowest BCUT2D eigenvalue weighted by Crippen LogP contribution is -2.55. The molecule has 3 amide bonds. The Kier molecular flexibility index (Phi) is 7.53. The summed E-state index contributed by atoms with van der Waals surface area (Å²) in [5.41, 5.74) is 5.53. The van der Waals surface area contributed by atoms with Gasteiger partial charge in [0.1, 0.15) is 17.9 Å². The number of carbonyl (C=O) groups is 3. The van der Waals surface area contributed by atoms with Crippen LogP contribution in [0, 0.1) is 23.1 Å². The van der Waals surface area contributed by atoms with Crippen LogP contribution in [0.1, 0.15) is 25.8 Å². The predicted octanol–water partition coefficient (Wildman–Crippen LogP) is 0.393. The molecule has 0 heterocycles. The third-order valence-electron chi connectivity index (χ3n) is 3.66. The third-order valence-corrected chi connectivity index (χ3v) is 3.66. The lowest BCUT2D eigenvalue weighted by Gasteiger charge is -2.24. The van der Waals surface area contributed by atoms with Gasteiger partial charge in [-0.1, -0.05) is 25.1 Å². The van der Waals surface area contributed by atoms with Crippen LogP contribution in [-0.4, -0.2) is 29.8 Å². The number of carbonyl (C=O) groups excluding carboxylic acids is 3. The SMILES string of the molecule is CC(=O)N[C@@H](Cc1ccccc1F)C(=O)N[C@H](C(N)=O)[C@@H](C)CC#N. The largest absolute Gasteiger partial charge is 0.368 e. The molecule has 4 N–H and O–H groups in total. The van der Waals surface area contributed by atoms with Gasteiger partial charge in [-0.15, -0.1) is 0 Å².